The monoisotopic (exact) mass is 577 g/mol. The number of halogens is 1. The Balaban J connectivity index is 1.14. The number of rotatable bonds is 13. The van der Waals surface area contributed by atoms with Crippen molar-refractivity contribution in [3.8, 4) is 0 Å². The van der Waals surface area contributed by atoms with Crippen molar-refractivity contribution in [1.29, 1.82) is 0 Å². The van der Waals surface area contributed by atoms with Crippen LogP contribution in [0.4, 0.5) is 22.7 Å². The molecule has 0 bridgehead atoms. The van der Waals surface area contributed by atoms with Crippen molar-refractivity contribution >= 4 is 57.9 Å². The molecule has 0 atom stereocenters. The van der Waals surface area contributed by atoms with Gasteiger partial charge in [0.05, 0.1) is 44.6 Å². The summed E-state index contributed by atoms with van der Waals surface area (Å²) in [6.07, 6.45) is 0.314. The number of imide groups is 1. The highest BCUT2D eigenvalue weighted by Crippen LogP contribution is 2.29. The first-order valence-corrected chi connectivity index (χ1v) is 12.9. The van der Waals surface area contributed by atoms with Gasteiger partial charge in [-0.15, -0.1) is 0 Å². The van der Waals surface area contributed by atoms with Crippen molar-refractivity contribution < 1.29 is 28.8 Å². The molecule has 0 spiro atoms. The molecular weight excluding hydrogens is 554 g/mol. The number of nitrogens with one attached hydrogen (secondary N) is 1. The fourth-order valence-corrected chi connectivity index (χ4v) is 4.19. The van der Waals surface area contributed by atoms with Gasteiger partial charge >= 0.3 is 5.97 Å². The van der Waals surface area contributed by atoms with Gasteiger partial charge in [-0.05, 0) is 48.9 Å². The van der Waals surface area contributed by atoms with Crippen LogP contribution in [0.5, 0.6) is 0 Å². The summed E-state index contributed by atoms with van der Waals surface area (Å²) in [7, 11) is 0. The average Bonchev–Trinajstić information content (AvgIpc) is 3.21. The van der Waals surface area contributed by atoms with E-state index >= 15 is 0 Å². The van der Waals surface area contributed by atoms with Crippen molar-refractivity contribution in [2.45, 2.75) is 19.3 Å². The predicted molar refractivity (Wildman–Crippen MR) is 149 cm³/mol. The van der Waals surface area contributed by atoms with E-state index in [1.807, 2.05) is 0 Å². The highest BCUT2D eigenvalue weighted by atomic mass is 35.5. The zero-order chi connectivity index (χ0) is 29.4. The number of ketones is 1. The van der Waals surface area contributed by atoms with Gasteiger partial charge in [-0.1, -0.05) is 23.7 Å². The van der Waals surface area contributed by atoms with Gasteiger partial charge in [0, 0.05) is 31.6 Å². The van der Waals surface area contributed by atoms with Crippen molar-refractivity contribution in [2.24, 2.45) is 10.2 Å². The molecule has 1 aliphatic rings. The number of hydrogen-bond acceptors (Lipinski definition) is 10. The molecule has 3 aromatic rings. The smallest absolute Gasteiger partial charge is 0.308 e. The van der Waals surface area contributed by atoms with E-state index in [-0.39, 0.29) is 55.6 Å². The van der Waals surface area contributed by atoms with Gasteiger partial charge in [0.2, 0.25) is 0 Å². The summed E-state index contributed by atoms with van der Waals surface area (Å²) in [4.78, 5) is 60.2. The molecule has 0 saturated heterocycles. The number of carbonyl (C=O) groups excluding carboxylic acids is 4. The Morgan fingerprint density at radius 2 is 1.56 bits per heavy atom. The molecule has 0 aromatic heterocycles. The number of nitro benzene ring substituents is 1. The van der Waals surface area contributed by atoms with Crippen molar-refractivity contribution in [2.75, 3.05) is 25.0 Å². The second kappa shape index (κ2) is 13.4. The van der Waals surface area contributed by atoms with Gasteiger partial charge < -0.3 is 10.1 Å². The van der Waals surface area contributed by atoms with E-state index in [2.05, 4.69) is 15.5 Å². The van der Waals surface area contributed by atoms with Gasteiger partial charge in [0.25, 0.3) is 17.5 Å². The Morgan fingerprint density at radius 1 is 0.927 bits per heavy atom. The van der Waals surface area contributed by atoms with Gasteiger partial charge in [0.15, 0.2) is 5.78 Å². The van der Waals surface area contributed by atoms with E-state index in [4.69, 9.17) is 16.3 Å². The van der Waals surface area contributed by atoms with Crippen LogP contribution in [0.25, 0.3) is 0 Å². The zero-order valence-corrected chi connectivity index (χ0v) is 22.4. The number of Topliss-reactive ketones (excluding diaryl/α,β-unsaturated/α-hetero) is 1. The lowest BCUT2D eigenvalue weighted by Crippen LogP contribution is -2.31. The summed E-state index contributed by atoms with van der Waals surface area (Å²) in [5, 5.41) is 22.2. The molecule has 1 aliphatic heterocycles. The van der Waals surface area contributed by atoms with Gasteiger partial charge in [-0.3, -0.25) is 34.2 Å². The van der Waals surface area contributed by atoms with Crippen LogP contribution in [0.2, 0.25) is 5.02 Å². The molecule has 12 nitrogen and oxygen atoms in total. The molecule has 1 heterocycles. The molecule has 1 N–H and O–H groups in total. The van der Waals surface area contributed by atoms with E-state index < -0.39 is 17.5 Å². The minimum absolute atomic E-state index is 0.0136. The number of nitrogens with zero attached hydrogens (tertiary/aromatic N) is 4. The summed E-state index contributed by atoms with van der Waals surface area (Å²) in [5.74, 6) is -1.64. The largest absolute Gasteiger partial charge is 0.458 e. The fraction of sp³-hybridized carbons (Fsp3) is 0.214. The fourth-order valence-electron chi connectivity index (χ4n) is 3.95. The normalized spacial score (nSPS) is 12.5. The summed E-state index contributed by atoms with van der Waals surface area (Å²) >= 11 is 6.28. The number of non-ortho nitro benzene ring substituents is 1. The minimum Gasteiger partial charge on any atom is -0.458 e. The summed E-state index contributed by atoms with van der Waals surface area (Å²) in [5.41, 5.74) is 2.12. The first-order chi connectivity index (χ1) is 19.7. The standard InChI is InChI=1S/C28H24ClN5O7/c29-24-16-19(32-31-18-7-10-20(11-8-18)34(39)40)9-12-25(24)30-14-13-26(36)41-17-21(35)4-3-15-33-27(37)22-5-1-2-6-23(22)28(33)38/h1-2,5-12,16,30H,3-4,13-15,17H2. The maximum Gasteiger partial charge on any atom is 0.308 e. The first kappa shape index (κ1) is 29.0. The van der Waals surface area contributed by atoms with E-state index in [9.17, 15) is 29.3 Å². The number of anilines is 1. The number of fused-ring (bicyclic) bond motifs is 1. The second-order valence-corrected chi connectivity index (χ2v) is 9.33. The maximum absolute atomic E-state index is 12.4. The molecule has 0 fully saturated rings. The Kier molecular flexibility index (Phi) is 9.48. The summed E-state index contributed by atoms with van der Waals surface area (Å²) < 4.78 is 5.03. The van der Waals surface area contributed by atoms with Crippen LogP contribution in [0, 0.1) is 10.1 Å². The molecular formula is C28H24ClN5O7. The number of benzene rings is 3. The quantitative estimate of drug-likeness (QED) is 0.0895. The van der Waals surface area contributed by atoms with Crippen LogP contribution in [-0.4, -0.2) is 53.1 Å². The number of ether oxygens (including phenoxy) is 1. The van der Waals surface area contributed by atoms with Crippen LogP contribution in [0.3, 0.4) is 0 Å². The number of hydrogen-bond donors (Lipinski definition) is 1. The highest BCUT2D eigenvalue weighted by Gasteiger charge is 2.34. The Labute approximate surface area is 239 Å². The SMILES string of the molecule is O=C(CCCN1C(=O)c2ccccc2C1=O)COC(=O)CCNc1ccc(N=Nc2ccc([N+](=O)[O-])cc2)cc1Cl. The van der Waals surface area contributed by atoms with Crippen molar-refractivity contribution in [3.63, 3.8) is 0 Å². The first-order valence-electron chi connectivity index (χ1n) is 12.5. The molecule has 0 saturated carbocycles. The highest BCUT2D eigenvalue weighted by molar-refractivity contribution is 6.33. The van der Waals surface area contributed by atoms with Crippen molar-refractivity contribution in [3.05, 3.63) is 93.0 Å². The topological polar surface area (TPSA) is 161 Å². The Morgan fingerprint density at radius 3 is 2.20 bits per heavy atom. The molecule has 41 heavy (non-hydrogen) atoms. The minimum atomic E-state index is -0.573. The molecule has 0 unspecified atom stereocenters. The van der Waals surface area contributed by atoms with Crippen LogP contribution in [0.15, 0.2) is 77.0 Å². The molecule has 0 radical (unpaired) electrons. The number of azo groups is 1. The lowest BCUT2D eigenvalue weighted by Gasteiger charge is -2.13. The zero-order valence-electron chi connectivity index (χ0n) is 21.6. The lowest BCUT2D eigenvalue weighted by atomic mass is 10.1. The van der Waals surface area contributed by atoms with E-state index in [0.29, 0.717) is 33.2 Å². The number of esters is 1. The molecule has 13 heteroatoms. The number of nitro groups is 1. The van der Waals surface area contributed by atoms with E-state index in [1.165, 1.54) is 24.3 Å². The molecule has 4 rings (SSSR count). The Hall–Kier alpha value is -4.97. The number of carbonyl (C=O) groups is 4. The summed E-state index contributed by atoms with van der Waals surface area (Å²) in [6, 6.07) is 17.1. The van der Waals surface area contributed by atoms with Gasteiger partial charge in [-0.25, -0.2) is 0 Å². The third-order valence-corrected chi connectivity index (χ3v) is 6.36. The predicted octanol–water partition coefficient (Wildman–Crippen LogP) is 5.65. The lowest BCUT2D eigenvalue weighted by molar-refractivity contribution is -0.384. The summed E-state index contributed by atoms with van der Waals surface area (Å²) in [6.45, 7) is -0.0831. The van der Waals surface area contributed by atoms with Gasteiger partial charge in [0.1, 0.15) is 6.61 Å². The van der Waals surface area contributed by atoms with Crippen LogP contribution >= 0.6 is 11.6 Å². The molecule has 210 valence electrons. The third kappa shape index (κ3) is 7.57. The Bertz CT molecular complexity index is 1490. The molecule has 3 aromatic carbocycles. The number of amides is 2. The van der Waals surface area contributed by atoms with Crippen LogP contribution in [0.1, 0.15) is 40.0 Å². The second-order valence-electron chi connectivity index (χ2n) is 8.92. The van der Waals surface area contributed by atoms with Crippen molar-refractivity contribution in [1.82, 2.24) is 4.90 Å². The van der Waals surface area contributed by atoms with E-state index in [0.717, 1.165) is 4.90 Å². The molecule has 2 amide bonds. The average molecular weight is 578 g/mol. The van der Waals surface area contributed by atoms with Gasteiger partial charge in [-0.2, -0.15) is 10.2 Å². The van der Waals surface area contributed by atoms with E-state index in [1.54, 1.807) is 42.5 Å². The maximum atomic E-state index is 12.4. The third-order valence-electron chi connectivity index (χ3n) is 6.05. The van der Waals surface area contributed by atoms with Crippen LogP contribution in [-0.2, 0) is 14.3 Å². The molecule has 0 aliphatic carbocycles. The van der Waals surface area contributed by atoms with Crippen LogP contribution < -0.4 is 5.32 Å².